The molecule has 0 saturated heterocycles. The molecule has 1 aromatic carbocycles. The van der Waals surface area contributed by atoms with Crippen LogP contribution < -0.4 is 0 Å². The number of hydrogen-bond donors (Lipinski definition) is 0. The minimum absolute atomic E-state index is 0.0745. The first-order chi connectivity index (χ1) is 11.7. The second-order valence-corrected chi connectivity index (χ2v) is 7.14. The van der Waals surface area contributed by atoms with Crippen LogP contribution in [0, 0.1) is 0 Å². The Morgan fingerprint density at radius 3 is 2.68 bits per heavy atom. The van der Waals surface area contributed by atoms with Crippen molar-refractivity contribution in [3.8, 4) is 0 Å². The van der Waals surface area contributed by atoms with Crippen molar-refractivity contribution in [2.24, 2.45) is 0 Å². The largest absolute Gasteiger partial charge is 0.463 e. The number of esters is 1. The molecule has 1 atom stereocenters. The number of fused-ring (bicyclic) bond motifs is 1. The summed E-state index contributed by atoms with van der Waals surface area (Å²) in [5, 5.41) is 0. The predicted octanol–water partition coefficient (Wildman–Crippen LogP) is 4.12. The maximum Gasteiger partial charge on any atom is 0.410 e. The Morgan fingerprint density at radius 1 is 1.32 bits per heavy atom. The average molecular weight is 345 g/mol. The van der Waals surface area contributed by atoms with Crippen molar-refractivity contribution >= 4 is 18.1 Å². The van der Waals surface area contributed by atoms with E-state index in [4.69, 9.17) is 9.47 Å². The zero-order valence-corrected chi connectivity index (χ0v) is 15.7. The molecule has 5 nitrogen and oxygen atoms in total. The van der Waals surface area contributed by atoms with Gasteiger partial charge in [0.05, 0.1) is 12.6 Å². The first-order valence-electron chi connectivity index (χ1n) is 8.68. The lowest BCUT2D eigenvalue weighted by Crippen LogP contribution is -2.42. The number of carbonyl (C=O) groups is 2. The summed E-state index contributed by atoms with van der Waals surface area (Å²) < 4.78 is 10.4. The van der Waals surface area contributed by atoms with Crippen LogP contribution in [-0.2, 0) is 20.7 Å². The van der Waals surface area contributed by atoms with E-state index in [1.807, 2.05) is 39.8 Å². The molecule has 1 heterocycles. The third kappa shape index (κ3) is 5.08. The zero-order chi connectivity index (χ0) is 18.6. The van der Waals surface area contributed by atoms with Crippen LogP contribution in [0.2, 0.25) is 0 Å². The average Bonchev–Trinajstić information content (AvgIpc) is 2.52. The van der Waals surface area contributed by atoms with E-state index in [0.29, 0.717) is 13.2 Å². The van der Waals surface area contributed by atoms with Crippen molar-refractivity contribution in [2.45, 2.75) is 52.7 Å². The number of ether oxygens (including phenoxy) is 2. The van der Waals surface area contributed by atoms with Gasteiger partial charge in [0.1, 0.15) is 5.60 Å². The fourth-order valence-electron chi connectivity index (χ4n) is 2.86. The molecular formula is C20H27NO4. The first-order valence-corrected chi connectivity index (χ1v) is 8.68. The molecular weight excluding hydrogens is 318 g/mol. The molecule has 1 aromatic rings. The minimum Gasteiger partial charge on any atom is -0.463 e. The molecule has 136 valence electrons. The van der Waals surface area contributed by atoms with Gasteiger partial charge in [0.15, 0.2) is 0 Å². The fourth-order valence-corrected chi connectivity index (χ4v) is 2.86. The molecule has 0 fully saturated rings. The van der Waals surface area contributed by atoms with Crippen molar-refractivity contribution in [3.05, 3.63) is 41.0 Å². The number of benzene rings is 1. The maximum absolute atomic E-state index is 12.4. The third-order valence-electron chi connectivity index (χ3n) is 4.04. The van der Waals surface area contributed by atoms with Gasteiger partial charge < -0.3 is 14.4 Å². The number of nitrogens with zero attached hydrogens (tertiary/aromatic N) is 1. The van der Waals surface area contributed by atoms with Crippen LogP contribution in [0.25, 0.3) is 6.08 Å². The lowest BCUT2D eigenvalue weighted by atomic mass is 9.92. The topological polar surface area (TPSA) is 55.8 Å². The van der Waals surface area contributed by atoms with Gasteiger partial charge in [-0.1, -0.05) is 12.1 Å². The zero-order valence-electron chi connectivity index (χ0n) is 15.7. The minimum atomic E-state index is -0.513. The van der Waals surface area contributed by atoms with Gasteiger partial charge in [-0.05, 0) is 69.9 Å². The van der Waals surface area contributed by atoms with Gasteiger partial charge in [-0.25, -0.2) is 9.59 Å². The smallest absolute Gasteiger partial charge is 0.410 e. The van der Waals surface area contributed by atoms with E-state index in [1.165, 1.54) is 11.6 Å². The second kappa shape index (κ2) is 7.72. The second-order valence-electron chi connectivity index (χ2n) is 7.14. The Balaban J connectivity index is 2.18. The molecule has 0 N–H and O–H groups in total. The fraction of sp³-hybridized carbons (Fsp3) is 0.500. The molecule has 0 bridgehead atoms. The molecule has 0 radical (unpaired) electrons. The normalized spacial score (nSPS) is 17.3. The Hall–Kier alpha value is -2.30. The van der Waals surface area contributed by atoms with Crippen molar-refractivity contribution < 1.29 is 19.1 Å². The van der Waals surface area contributed by atoms with Crippen molar-refractivity contribution in [1.82, 2.24) is 4.90 Å². The highest BCUT2D eigenvalue weighted by molar-refractivity contribution is 5.87. The van der Waals surface area contributed by atoms with Crippen LogP contribution in [0.5, 0.6) is 0 Å². The molecule has 1 amide bonds. The van der Waals surface area contributed by atoms with Crippen molar-refractivity contribution in [1.29, 1.82) is 0 Å². The molecule has 5 heteroatoms. The molecule has 0 aliphatic carbocycles. The van der Waals surface area contributed by atoms with Crippen molar-refractivity contribution in [3.63, 3.8) is 0 Å². The molecule has 2 rings (SSSR count). The van der Waals surface area contributed by atoms with Gasteiger partial charge in [-0.3, -0.25) is 0 Å². The Bertz CT molecular complexity index is 673. The lowest BCUT2D eigenvalue weighted by Gasteiger charge is -2.36. The number of hydrogen-bond acceptors (Lipinski definition) is 4. The number of amides is 1. The van der Waals surface area contributed by atoms with Crippen LogP contribution in [-0.4, -0.2) is 35.7 Å². The van der Waals surface area contributed by atoms with Gasteiger partial charge in [0.2, 0.25) is 0 Å². The summed E-state index contributed by atoms with van der Waals surface area (Å²) in [6, 6.07) is 5.98. The summed E-state index contributed by atoms with van der Waals surface area (Å²) in [6.07, 6.45) is 3.65. The summed E-state index contributed by atoms with van der Waals surface area (Å²) in [5.41, 5.74) is 2.70. The lowest BCUT2D eigenvalue weighted by molar-refractivity contribution is -0.137. The SMILES string of the molecule is CCOC(=O)/C=C/c1ccc2c(c1)C(C)N(C(=O)OC(C)(C)C)CC2. The van der Waals surface area contributed by atoms with E-state index in [-0.39, 0.29) is 18.1 Å². The molecule has 0 aromatic heterocycles. The van der Waals surface area contributed by atoms with Crippen LogP contribution in [0.1, 0.15) is 57.4 Å². The number of rotatable bonds is 3. The third-order valence-corrected chi connectivity index (χ3v) is 4.04. The summed E-state index contributed by atoms with van der Waals surface area (Å²) in [5.74, 6) is -0.358. The van der Waals surface area contributed by atoms with E-state index >= 15 is 0 Å². The van der Waals surface area contributed by atoms with Crippen LogP contribution in [0.4, 0.5) is 4.79 Å². The molecule has 1 aliphatic rings. The Labute approximate surface area is 149 Å². The van der Waals surface area contributed by atoms with E-state index in [1.54, 1.807) is 17.9 Å². The predicted molar refractivity (Wildman–Crippen MR) is 97.2 cm³/mol. The summed E-state index contributed by atoms with van der Waals surface area (Å²) in [4.78, 5) is 25.7. The van der Waals surface area contributed by atoms with E-state index in [2.05, 4.69) is 6.07 Å². The molecule has 0 spiro atoms. The van der Waals surface area contributed by atoms with E-state index in [9.17, 15) is 9.59 Å². The molecule has 0 saturated carbocycles. The number of carbonyl (C=O) groups excluding carboxylic acids is 2. The Kier molecular flexibility index (Phi) is 5.88. The Morgan fingerprint density at radius 2 is 2.04 bits per heavy atom. The quantitative estimate of drug-likeness (QED) is 0.611. The van der Waals surface area contributed by atoms with Gasteiger partial charge in [-0.2, -0.15) is 0 Å². The van der Waals surface area contributed by atoms with Gasteiger partial charge >= 0.3 is 12.1 Å². The van der Waals surface area contributed by atoms with Crippen LogP contribution >= 0.6 is 0 Å². The van der Waals surface area contributed by atoms with Gasteiger partial charge in [-0.15, -0.1) is 0 Å². The molecule has 1 unspecified atom stereocenters. The molecule has 25 heavy (non-hydrogen) atoms. The monoisotopic (exact) mass is 345 g/mol. The van der Waals surface area contributed by atoms with Gasteiger partial charge in [0.25, 0.3) is 0 Å². The molecule has 1 aliphatic heterocycles. The van der Waals surface area contributed by atoms with Crippen LogP contribution in [0.15, 0.2) is 24.3 Å². The highest BCUT2D eigenvalue weighted by Gasteiger charge is 2.30. The maximum atomic E-state index is 12.4. The first kappa shape index (κ1) is 19.0. The highest BCUT2D eigenvalue weighted by atomic mass is 16.6. The van der Waals surface area contributed by atoms with E-state index < -0.39 is 5.60 Å². The van der Waals surface area contributed by atoms with Crippen LogP contribution in [0.3, 0.4) is 0 Å². The highest BCUT2D eigenvalue weighted by Crippen LogP contribution is 2.31. The standard InChI is InChI=1S/C20H27NO4/c1-6-24-18(22)10-8-15-7-9-16-11-12-21(14(2)17(16)13-15)19(23)25-20(3,4)5/h7-10,13-14H,6,11-12H2,1-5H3/b10-8+. The summed E-state index contributed by atoms with van der Waals surface area (Å²) in [6.45, 7) is 10.4. The summed E-state index contributed by atoms with van der Waals surface area (Å²) in [7, 11) is 0. The van der Waals surface area contributed by atoms with E-state index in [0.717, 1.165) is 17.5 Å². The summed E-state index contributed by atoms with van der Waals surface area (Å²) >= 11 is 0. The van der Waals surface area contributed by atoms with Crippen molar-refractivity contribution in [2.75, 3.05) is 13.2 Å². The van der Waals surface area contributed by atoms with Gasteiger partial charge in [0, 0.05) is 12.6 Å².